The lowest BCUT2D eigenvalue weighted by Crippen LogP contribution is -2.42. The van der Waals surface area contributed by atoms with E-state index in [2.05, 4.69) is 0 Å². The van der Waals surface area contributed by atoms with Gasteiger partial charge in [0.2, 0.25) is 0 Å². The Bertz CT molecular complexity index is 369. The van der Waals surface area contributed by atoms with Crippen LogP contribution in [-0.4, -0.2) is 13.7 Å². The van der Waals surface area contributed by atoms with Crippen LogP contribution in [0.15, 0.2) is 18.2 Å². The van der Waals surface area contributed by atoms with Crippen molar-refractivity contribution in [1.82, 2.24) is 0 Å². The molecule has 0 aromatic heterocycles. The van der Waals surface area contributed by atoms with E-state index in [-0.39, 0.29) is 5.41 Å². The molecule has 88 valence electrons. The first-order chi connectivity index (χ1) is 7.77. The van der Waals surface area contributed by atoms with Gasteiger partial charge in [0.25, 0.3) is 0 Å². The van der Waals surface area contributed by atoms with Crippen LogP contribution in [0, 0.1) is 0 Å². The van der Waals surface area contributed by atoms with E-state index in [0.29, 0.717) is 17.9 Å². The molecule has 2 rings (SSSR count). The summed E-state index contributed by atoms with van der Waals surface area (Å²) in [7, 11) is 1.58. The van der Waals surface area contributed by atoms with Gasteiger partial charge in [-0.15, -0.1) is 0 Å². The lowest BCUT2D eigenvalue weighted by Gasteiger charge is -2.42. The highest BCUT2D eigenvalue weighted by Gasteiger charge is 2.39. The molecule has 1 fully saturated rings. The summed E-state index contributed by atoms with van der Waals surface area (Å²) in [6.45, 7) is 0.105. The van der Waals surface area contributed by atoms with Crippen LogP contribution >= 0.6 is 0 Å². The fourth-order valence-electron chi connectivity index (χ4n) is 2.58. The molecule has 1 aromatic rings. The maximum atomic E-state index is 13.1. The number of rotatable bonds is 4. The van der Waals surface area contributed by atoms with Crippen molar-refractivity contribution in [2.24, 2.45) is 5.73 Å². The molecule has 16 heavy (non-hydrogen) atoms. The van der Waals surface area contributed by atoms with Crippen LogP contribution in [0.5, 0.6) is 5.75 Å². The normalized spacial score (nSPS) is 17.9. The number of alkyl halides is 1. The zero-order valence-corrected chi connectivity index (χ0v) is 9.63. The van der Waals surface area contributed by atoms with Crippen molar-refractivity contribution in [2.45, 2.75) is 31.4 Å². The van der Waals surface area contributed by atoms with Gasteiger partial charge in [-0.2, -0.15) is 0 Å². The van der Waals surface area contributed by atoms with Gasteiger partial charge in [0.05, 0.1) is 7.11 Å². The second-order valence-electron chi connectivity index (χ2n) is 4.46. The van der Waals surface area contributed by atoms with Crippen molar-refractivity contribution in [3.63, 3.8) is 0 Å². The van der Waals surface area contributed by atoms with E-state index in [4.69, 9.17) is 10.5 Å². The van der Waals surface area contributed by atoms with Gasteiger partial charge in [0.15, 0.2) is 0 Å². The highest BCUT2D eigenvalue weighted by molar-refractivity contribution is 5.45. The van der Waals surface area contributed by atoms with Crippen LogP contribution < -0.4 is 10.5 Å². The van der Waals surface area contributed by atoms with E-state index in [0.717, 1.165) is 18.4 Å². The van der Waals surface area contributed by atoms with Gasteiger partial charge in [0, 0.05) is 17.5 Å². The topological polar surface area (TPSA) is 35.2 Å². The van der Waals surface area contributed by atoms with Gasteiger partial charge in [0.1, 0.15) is 12.4 Å². The zero-order valence-electron chi connectivity index (χ0n) is 9.63. The molecule has 1 aliphatic carbocycles. The van der Waals surface area contributed by atoms with Crippen LogP contribution in [0.2, 0.25) is 0 Å². The average molecular weight is 223 g/mol. The Morgan fingerprint density at radius 1 is 1.44 bits per heavy atom. The summed E-state index contributed by atoms with van der Waals surface area (Å²) in [6, 6.07) is 5.72. The zero-order chi connectivity index (χ0) is 11.6. The monoisotopic (exact) mass is 223 g/mol. The number of nitrogens with two attached hydrogens (primary N) is 1. The minimum atomic E-state index is -0.485. The quantitative estimate of drug-likeness (QED) is 0.851. The van der Waals surface area contributed by atoms with Crippen molar-refractivity contribution >= 4 is 0 Å². The number of methoxy groups -OCH3 is 1. The molecule has 2 N–H and O–H groups in total. The summed E-state index contributed by atoms with van der Waals surface area (Å²) in [5.41, 5.74) is 7.57. The van der Waals surface area contributed by atoms with Gasteiger partial charge < -0.3 is 10.5 Å². The molecule has 3 heteroatoms. The molecule has 0 radical (unpaired) electrons. The van der Waals surface area contributed by atoms with Crippen LogP contribution in [0.3, 0.4) is 0 Å². The van der Waals surface area contributed by atoms with Gasteiger partial charge in [-0.05, 0) is 24.5 Å². The molecule has 1 aliphatic rings. The molecule has 0 spiro atoms. The molecule has 1 saturated carbocycles. The first kappa shape index (κ1) is 11.4. The summed E-state index contributed by atoms with van der Waals surface area (Å²) in [6.07, 6.45) is 3.30. The fraction of sp³-hybridized carbons (Fsp3) is 0.538. The second-order valence-corrected chi connectivity index (χ2v) is 4.46. The number of hydrogen-bond acceptors (Lipinski definition) is 2. The van der Waals surface area contributed by atoms with Crippen LogP contribution in [-0.2, 0) is 12.1 Å². The summed E-state index contributed by atoms with van der Waals surface area (Å²) >= 11 is 0. The fourth-order valence-corrected chi connectivity index (χ4v) is 2.58. The molecule has 2 nitrogen and oxygen atoms in total. The minimum absolute atomic E-state index is 0.00400. The lowest BCUT2D eigenvalue weighted by atomic mass is 9.63. The molecule has 0 aliphatic heterocycles. The third-order valence-electron chi connectivity index (χ3n) is 3.76. The highest BCUT2D eigenvalue weighted by atomic mass is 19.1. The highest BCUT2D eigenvalue weighted by Crippen LogP contribution is 2.45. The first-order valence-electron chi connectivity index (χ1n) is 5.70. The van der Waals surface area contributed by atoms with Crippen LogP contribution in [0.1, 0.15) is 30.4 Å². The average Bonchev–Trinajstić information content (AvgIpc) is 2.28. The SMILES string of the molecule is COc1cccc(C2(CN)CCC2)c1CF. The predicted molar refractivity (Wildman–Crippen MR) is 62.4 cm³/mol. The summed E-state index contributed by atoms with van der Waals surface area (Å²) in [5.74, 6) is 0.639. The van der Waals surface area contributed by atoms with Crippen molar-refractivity contribution in [1.29, 1.82) is 0 Å². The molecule has 0 heterocycles. The first-order valence-corrected chi connectivity index (χ1v) is 5.70. The van der Waals surface area contributed by atoms with Crippen LogP contribution in [0.4, 0.5) is 4.39 Å². The standard InChI is InChI=1S/C13H18FNO/c1-16-12-5-2-4-11(10(12)8-14)13(9-15)6-3-7-13/h2,4-5H,3,6-9,15H2,1H3. The summed E-state index contributed by atoms with van der Waals surface area (Å²) in [4.78, 5) is 0. The summed E-state index contributed by atoms with van der Waals surface area (Å²) in [5, 5.41) is 0. The Morgan fingerprint density at radius 2 is 2.19 bits per heavy atom. The smallest absolute Gasteiger partial charge is 0.124 e. The third-order valence-corrected chi connectivity index (χ3v) is 3.76. The van der Waals surface area contributed by atoms with Crippen molar-refractivity contribution in [3.8, 4) is 5.75 Å². The largest absolute Gasteiger partial charge is 0.496 e. The molecule has 0 bridgehead atoms. The van der Waals surface area contributed by atoms with E-state index in [1.807, 2.05) is 12.1 Å². The molecule has 0 amide bonds. The van der Waals surface area contributed by atoms with E-state index in [1.165, 1.54) is 6.42 Å². The van der Waals surface area contributed by atoms with Gasteiger partial charge in [-0.1, -0.05) is 18.6 Å². The number of hydrogen-bond donors (Lipinski definition) is 1. The van der Waals surface area contributed by atoms with Crippen molar-refractivity contribution < 1.29 is 9.13 Å². The van der Waals surface area contributed by atoms with Crippen molar-refractivity contribution in [2.75, 3.05) is 13.7 Å². The number of halogens is 1. The Kier molecular flexibility index (Phi) is 3.15. The number of ether oxygens (including phenoxy) is 1. The molecular weight excluding hydrogens is 205 g/mol. The minimum Gasteiger partial charge on any atom is -0.496 e. The third kappa shape index (κ3) is 1.59. The maximum Gasteiger partial charge on any atom is 0.124 e. The van der Waals surface area contributed by atoms with Gasteiger partial charge in [-0.25, -0.2) is 4.39 Å². The number of benzene rings is 1. The Balaban J connectivity index is 2.47. The lowest BCUT2D eigenvalue weighted by molar-refractivity contribution is 0.247. The van der Waals surface area contributed by atoms with Crippen LogP contribution in [0.25, 0.3) is 0 Å². The molecule has 0 atom stereocenters. The maximum absolute atomic E-state index is 13.1. The van der Waals surface area contributed by atoms with E-state index in [1.54, 1.807) is 13.2 Å². The predicted octanol–water partition coefficient (Wildman–Crippen LogP) is 2.55. The molecule has 1 aromatic carbocycles. The second kappa shape index (κ2) is 4.42. The Labute approximate surface area is 95.6 Å². The Morgan fingerprint density at radius 3 is 2.62 bits per heavy atom. The van der Waals surface area contributed by atoms with Gasteiger partial charge >= 0.3 is 0 Å². The summed E-state index contributed by atoms with van der Waals surface area (Å²) < 4.78 is 18.3. The van der Waals surface area contributed by atoms with E-state index < -0.39 is 6.67 Å². The molecule has 0 saturated heterocycles. The van der Waals surface area contributed by atoms with Gasteiger partial charge in [-0.3, -0.25) is 0 Å². The molecular formula is C13H18FNO. The Hall–Kier alpha value is -1.09. The molecule has 0 unspecified atom stereocenters. The van der Waals surface area contributed by atoms with E-state index in [9.17, 15) is 4.39 Å². The van der Waals surface area contributed by atoms with E-state index >= 15 is 0 Å². The van der Waals surface area contributed by atoms with Crippen molar-refractivity contribution in [3.05, 3.63) is 29.3 Å².